The third-order valence-electron chi connectivity index (χ3n) is 7.03. The van der Waals surface area contributed by atoms with E-state index >= 15 is 0 Å². The molecule has 0 fully saturated rings. The summed E-state index contributed by atoms with van der Waals surface area (Å²) in [6, 6.07) is 15.9. The molecule has 2 atom stereocenters. The molecule has 0 aromatic heterocycles. The van der Waals surface area contributed by atoms with Crippen LogP contribution in [0.15, 0.2) is 65.6 Å². The highest BCUT2D eigenvalue weighted by Crippen LogP contribution is 2.41. The van der Waals surface area contributed by atoms with Crippen molar-refractivity contribution in [2.75, 3.05) is 19.0 Å². The maximum atomic E-state index is 12.6. The van der Waals surface area contributed by atoms with Crippen molar-refractivity contribution in [2.24, 2.45) is 23.7 Å². The van der Waals surface area contributed by atoms with Gasteiger partial charge in [0, 0.05) is 27.7 Å². The van der Waals surface area contributed by atoms with Crippen LogP contribution in [0, 0.1) is 23.7 Å². The molecule has 0 saturated heterocycles. The summed E-state index contributed by atoms with van der Waals surface area (Å²) in [7, 11) is 0. The highest BCUT2D eigenvalue weighted by atomic mass is 35.5. The molecule has 0 amide bonds. The lowest BCUT2D eigenvalue weighted by atomic mass is 9.68. The Bertz CT molecular complexity index is 1090. The van der Waals surface area contributed by atoms with Gasteiger partial charge in [-0.3, -0.25) is 4.79 Å². The summed E-state index contributed by atoms with van der Waals surface area (Å²) >= 11 is 7.59. The number of carbonyl (C=O) groups excluding carboxylic acids is 2. The molecule has 7 heteroatoms. The molecule has 0 N–H and O–H groups in total. The van der Waals surface area contributed by atoms with E-state index in [0.717, 1.165) is 10.6 Å². The van der Waals surface area contributed by atoms with Gasteiger partial charge < -0.3 is 14.2 Å². The summed E-state index contributed by atoms with van der Waals surface area (Å²) < 4.78 is 17.0. The van der Waals surface area contributed by atoms with Crippen molar-refractivity contribution in [3.05, 3.63) is 71.3 Å². The normalized spacial score (nSPS) is 13.0. The minimum absolute atomic E-state index is 0.139. The van der Waals surface area contributed by atoms with Crippen LogP contribution >= 0.6 is 23.4 Å². The van der Waals surface area contributed by atoms with Crippen LogP contribution in [0.4, 0.5) is 0 Å². The Balaban J connectivity index is 2.04. The van der Waals surface area contributed by atoms with Crippen LogP contribution in [-0.2, 0) is 19.1 Å². The zero-order chi connectivity index (χ0) is 30.5. The van der Waals surface area contributed by atoms with Gasteiger partial charge in [-0.25, -0.2) is 4.79 Å². The first kappa shape index (κ1) is 34.8. The van der Waals surface area contributed by atoms with Crippen molar-refractivity contribution in [2.45, 2.75) is 78.2 Å². The molecule has 0 saturated carbocycles. The Kier molecular flexibility index (Phi) is 14.8. The molecule has 5 nitrogen and oxygen atoms in total. The van der Waals surface area contributed by atoms with Gasteiger partial charge in [-0.1, -0.05) is 71.9 Å². The van der Waals surface area contributed by atoms with Gasteiger partial charge in [-0.15, -0.1) is 11.8 Å². The third kappa shape index (κ3) is 12.1. The number of hydrogen-bond acceptors (Lipinski definition) is 6. The Hall–Kier alpha value is -2.44. The van der Waals surface area contributed by atoms with Crippen LogP contribution < -0.4 is 4.74 Å². The molecular weight excluding hydrogens is 556 g/mol. The number of benzene rings is 2. The highest BCUT2D eigenvalue weighted by Gasteiger charge is 2.31. The summed E-state index contributed by atoms with van der Waals surface area (Å²) in [6.07, 6.45) is 0.0571. The lowest BCUT2D eigenvalue weighted by Gasteiger charge is -2.36. The van der Waals surface area contributed by atoms with Gasteiger partial charge in [0.15, 0.2) is 0 Å². The predicted octanol–water partition coefficient (Wildman–Crippen LogP) is 8.99. The average molecular weight is 603 g/mol. The lowest BCUT2D eigenvalue weighted by Crippen LogP contribution is -2.28. The minimum atomic E-state index is -0.463. The topological polar surface area (TPSA) is 61.8 Å². The molecule has 0 bridgehead atoms. The minimum Gasteiger partial charge on any atom is -0.490 e. The second-order valence-electron chi connectivity index (χ2n) is 11.6. The second kappa shape index (κ2) is 17.5. The van der Waals surface area contributed by atoms with E-state index < -0.39 is 12.1 Å². The first-order valence-corrected chi connectivity index (χ1v) is 15.9. The van der Waals surface area contributed by atoms with E-state index in [2.05, 4.69) is 60.3 Å². The molecule has 226 valence electrons. The standard InChI is InChI=1S/C34H47ClO5S/c1-22(2)32(23(3)4)33(24(5)6)26-11-15-28(16-12-26)39-20-29(21-41-30-17-13-27(35)14-18-30)40-31(36)10-9-19-38-34(37)25(7)8/h11-18,22-24,29,32-33H,7,9-10,19-21H2,1-6,8H3. The SMILES string of the molecule is C=C(C)C(=O)OCCCC(=O)OC(COc1ccc(C(C(C)C)C(C(C)C)C(C)C)cc1)CSc1ccc(Cl)cc1. The van der Waals surface area contributed by atoms with E-state index in [1.54, 1.807) is 18.7 Å². The summed E-state index contributed by atoms with van der Waals surface area (Å²) in [5.41, 5.74) is 1.66. The largest absolute Gasteiger partial charge is 0.490 e. The van der Waals surface area contributed by atoms with E-state index in [9.17, 15) is 9.59 Å². The van der Waals surface area contributed by atoms with E-state index in [1.165, 1.54) is 5.56 Å². The Morgan fingerprint density at radius 3 is 2.05 bits per heavy atom. The van der Waals surface area contributed by atoms with Gasteiger partial charge in [0.05, 0.1) is 6.61 Å². The molecule has 2 rings (SSSR count). The smallest absolute Gasteiger partial charge is 0.333 e. The maximum Gasteiger partial charge on any atom is 0.333 e. The van der Waals surface area contributed by atoms with Gasteiger partial charge in [-0.05, 0) is 84.9 Å². The highest BCUT2D eigenvalue weighted by molar-refractivity contribution is 7.99. The number of rotatable bonds is 17. The molecule has 0 heterocycles. The van der Waals surface area contributed by atoms with Crippen molar-refractivity contribution < 1.29 is 23.8 Å². The van der Waals surface area contributed by atoms with E-state index in [-0.39, 0.29) is 25.6 Å². The second-order valence-corrected chi connectivity index (χ2v) is 13.1. The molecule has 0 aliphatic carbocycles. The molecule has 41 heavy (non-hydrogen) atoms. The third-order valence-corrected chi connectivity index (χ3v) is 8.42. The summed E-state index contributed by atoms with van der Waals surface area (Å²) in [4.78, 5) is 25.2. The number of esters is 2. The van der Waals surface area contributed by atoms with Crippen LogP contribution in [0.2, 0.25) is 5.02 Å². The monoisotopic (exact) mass is 602 g/mol. The fourth-order valence-electron chi connectivity index (χ4n) is 5.21. The van der Waals surface area contributed by atoms with Crippen molar-refractivity contribution in [1.82, 2.24) is 0 Å². The van der Waals surface area contributed by atoms with Crippen molar-refractivity contribution >= 4 is 35.3 Å². The number of hydrogen-bond donors (Lipinski definition) is 0. The molecule has 0 aliphatic rings. The average Bonchev–Trinajstić information content (AvgIpc) is 2.91. The zero-order valence-corrected chi connectivity index (χ0v) is 27.2. The molecule has 0 aliphatic heterocycles. The number of thioether (sulfide) groups is 1. The summed E-state index contributed by atoms with van der Waals surface area (Å²) in [6.45, 7) is 19.4. The molecular formula is C34H47ClO5S. The van der Waals surface area contributed by atoms with Crippen LogP contribution in [0.3, 0.4) is 0 Å². The Labute approximate surface area is 256 Å². The van der Waals surface area contributed by atoms with Crippen LogP contribution in [-0.4, -0.2) is 37.0 Å². The van der Waals surface area contributed by atoms with E-state index in [0.29, 0.717) is 52.4 Å². The van der Waals surface area contributed by atoms with Gasteiger partial charge in [0.2, 0.25) is 0 Å². The van der Waals surface area contributed by atoms with Crippen molar-refractivity contribution in [3.63, 3.8) is 0 Å². The molecule has 0 spiro atoms. The Morgan fingerprint density at radius 2 is 1.51 bits per heavy atom. The van der Waals surface area contributed by atoms with E-state index in [4.69, 9.17) is 25.8 Å². The van der Waals surface area contributed by atoms with Gasteiger partial charge in [0.1, 0.15) is 18.5 Å². The van der Waals surface area contributed by atoms with Gasteiger partial charge in [-0.2, -0.15) is 0 Å². The molecule has 0 radical (unpaired) electrons. The van der Waals surface area contributed by atoms with Crippen LogP contribution in [0.5, 0.6) is 5.75 Å². The summed E-state index contributed by atoms with van der Waals surface area (Å²) in [5.74, 6) is 3.19. The van der Waals surface area contributed by atoms with Crippen molar-refractivity contribution in [3.8, 4) is 5.75 Å². The maximum absolute atomic E-state index is 12.6. The molecule has 2 aromatic rings. The number of carbonyl (C=O) groups is 2. The number of ether oxygens (including phenoxy) is 3. The summed E-state index contributed by atoms with van der Waals surface area (Å²) in [5, 5.41) is 0.671. The Morgan fingerprint density at radius 1 is 0.902 bits per heavy atom. The van der Waals surface area contributed by atoms with Gasteiger partial charge in [0.25, 0.3) is 0 Å². The first-order chi connectivity index (χ1) is 19.4. The van der Waals surface area contributed by atoms with Crippen LogP contribution in [0.25, 0.3) is 0 Å². The van der Waals surface area contributed by atoms with Crippen molar-refractivity contribution in [1.29, 1.82) is 0 Å². The predicted molar refractivity (Wildman–Crippen MR) is 170 cm³/mol. The molecule has 2 unspecified atom stereocenters. The zero-order valence-electron chi connectivity index (χ0n) is 25.7. The fraction of sp³-hybridized carbons (Fsp3) is 0.529. The van der Waals surface area contributed by atoms with E-state index in [1.807, 2.05) is 36.4 Å². The quantitative estimate of drug-likeness (QED) is 0.0779. The van der Waals surface area contributed by atoms with Crippen LogP contribution in [0.1, 0.15) is 72.8 Å². The number of halogens is 1. The lowest BCUT2D eigenvalue weighted by molar-refractivity contribution is -0.150. The molecule has 2 aromatic carbocycles. The van der Waals surface area contributed by atoms with Gasteiger partial charge >= 0.3 is 11.9 Å². The fourth-order valence-corrected chi connectivity index (χ4v) is 6.21. The first-order valence-electron chi connectivity index (χ1n) is 14.5.